The van der Waals surface area contributed by atoms with Crippen LogP contribution >= 0.6 is 12.4 Å². The van der Waals surface area contributed by atoms with Crippen LogP contribution in [0.25, 0.3) is 0 Å². The molecule has 0 spiro atoms. The Balaban J connectivity index is 0.00000200. The van der Waals surface area contributed by atoms with Gasteiger partial charge in [0.25, 0.3) is 0 Å². The molecule has 4 heteroatoms. The molecule has 0 saturated heterocycles. The highest BCUT2D eigenvalue weighted by Gasteiger charge is 2.08. The van der Waals surface area contributed by atoms with Crippen molar-refractivity contribution in [3.05, 3.63) is 65.7 Å². The van der Waals surface area contributed by atoms with Crippen molar-refractivity contribution in [2.45, 2.75) is 13.1 Å². The van der Waals surface area contributed by atoms with Gasteiger partial charge >= 0.3 is 0 Å². The first-order valence-electron chi connectivity index (χ1n) is 6.53. The lowest BCUT2D eigenvalue weighted by Gasteiger charge is -2.22. The Morgan fingerprint density at radius 1 is 0.900 bits per heavy atom. The van der Waals surface area contributed by atoms with Gasteiger partial charge < -0.3 is 10.8 Å². The molecule has 0 amide bonds. The average molecular weight is 293 g/mol. The molecule has 0 unspecified atom stereocenters. The zero-order valence-corrected chi connectivity index (χ0v) is 12.2. The Bertz CT molecular complexity index is 505. The molecule has 0 aliphatic heterocycles. The highest BCUT2D eigenvalue weighted by Crippen LogP contribution is 2.18. The molecule has 2 aromatic rings. The number of phenolic OH excluding ortho intramolecular Hbond substituents is 1. The van der Waals surface area contributed by atoms with Gasteiger partial charge in [-0.1, -0.05) is 48.5 Å². The lowest BCUT2D eigenvalue weighted by molar-refractivity contribution is 0.260. The summed E-state index contributed by atoms with van der Waals surface area (Å²) >= 11 is 0. The zero-order valence-electron chi connectivity index (χ0n) is 11.4. The van der Waals surface area contributed by atoms with Gasteiger partial charge in [-0.2, -0.15) is 0 Å². The Labute approximate surface area is 126 Å². The summed E-state index contributed by atoms with van der Waals surface area (Å²) < 4.78 is 0. The molecule has 0 aliphatic carbocycles. The van der Waals surface area contributed by atoms with Gasteiger partial charge in [0.15, 0.2) is 0 Å². The van der Waals surface area contributed by atoms with E-state index in [0.29, 0.717) is 18.8 Å². The second-order valence-corrected chi connectivity index (χ2v) is 4.61. The summed E-state index contributed by atoms with van der Waals surface area (Å²) in [5.74, 6) is 0.345. The van der Waals surface area contributed by atoms with Crippen LogP contribution in [0.1, 0.15) is 11.1 Å². The smallest absolute Gasteiger partial charge is 0.120 e. The minimum Gasteiger partial charge on any atom is -0.508 e. The van der Waals surface area contributed by atoms with Crippen LogP contribution in [0, 0.1) is 0 Å². The van der Waals surface area contributed by atoms with Crippen molar-refractivity contribution < 1.29 is 5.11 Å². The van der Waals surface area contributed by atoms with Gasteiger partial charge in [0, 0.05) is 31.7 Å². The van der Waals surface area contributed by atoms with E-state index in [-0.39, 0.29) is 12.4 Å². The second-order valence-electron chi connectivity index (χ2n) is 4.61. The zero-order chi connectivity index (χ0) is 13.5. The predicted molar refractivity (Wildman–Crippen MR) is 85.0 cm³/mol. The number of hydrogen-bond acceptors (Lipinski definition) is 3. The van der Waals surface area contributed by atoms with Crippen LogP contribution in [0.15, 0.2) is 54.6 Å². The molecule has 2 aromatic carbocycles. The van der Waals surface area contributed by atoms with E-state index in [2.05, 4.69) is 17.0 Å². The third-order valence-electron chi connectivity index (χ3n) is 3.08. The molecular formula is C16H21ClN2O. The molecule has 0 heterocycles. The SMILES string of the molecule is Cl.NCCN(Cc1ccccc1)Cc1ccccc1O. The number of para-hydroxylation sites is 1. The molecule has 0 bridgehead atoms. The van der Waals surface area contributed by atoms with Crippen LogP contribution < -0.4 is 5.73 Å². The van der Waals surface area contributed by atoms with Crippen molar-refractivity contribution in [1.82, 2.24) is 4.90 Å². The number of benzene rings is 2. The molecule has 0 aliphatic rings. The van der Waals surface area contributed by atoms with Gasteiger partial charge in [0.1, 0.15) is 5.75 Å². The maximum absolute atomic E-state index is 9.84. The molecule has 0 atom stereocenters. The first-order chi connectivity index (χ1) is 9.29. The van der Waals surface area contributed by atoms with Gasteiger partial charge in [-0.3, -0.25) is 4.90 Å². The van der Waals surface area contributed by atoms with Crippen molar-refractivity contribution in [2.75, 3.05) is 13.1 Å². The number of nitrogens with zero attached hydrogens (tertiary/aromatic N) is 1. The van der Waals surface area contributed by atoms with E-state index in [0.717, 1.165) is 18.7 Å². The van der Waals surface area contributed by atoms with Crippen LogP contribution in [-0.4, -0.2) is 23.1 Å². The average Bonchev–Trinajstić information content (AvgIpc) is 2.43. The minimum absolute atomic E-state index is 0. The fraction of sp³-hybridized carbons (Fsp3) is 0.250. The molecule has 3 N–H and O–H groups in total. The van der Waals surface area contributed by atoms with Gasteiger partial charge in [-0.15, -0.1) is 12.4 Å². The summed E-state index contributed by atoms with van der Waals surface area (Å²) in [6.07, 6.45) is 0. The van der Waals surface area contributed by atoms with Gasteiger partial charge in [-0.05, 0) is 11.6 Å². The topological polar surface area (TPSA) is 49.5 Å². The van der Waals surface area contributed by atoms with Crippen LogP contribution in [0.3, 0.4) is 0 Å². The highest BCUT2D eigenvalue weighted by molar-refractivity contribution is 5.85. The molecule has 2 rings (SSSR count). The molecular weight excluding hydrogens is 272 g/mol. The summed E-state index contributed by atoms with van der Waals surface area (Å²) in [6.45, 7) is 2.97. The maximum Gasteiger partial charge on any atom is 0.120 e. The standard InChI is InChI=1S/C16H20N2O.ClH/c17-10-11-18(12-14-6-2-1-3-7-14)13-15-8-4-5-9-16(15)19;/h1-9,19H,10-13,17H2;1H. The molecule has 20 heavy (non-hydrogen) atoms. The van der Waals surface area contributed by atoms with Crippen molar-refractivity contribution in [3.63, 3.8) is 0 Å². The number of nitrogens with two attached hydrogens (primary N) is 1. The molecule has 108 valence electrons. The largest absolute Gasteiger partial charge is 0.508 e. The molecule has 0 saturated carbocycles. The third kappa shape index (κ3) is 4.85. The van der Waals surface area contributed by atoms with E-state index in [1.54, 1.807) is 6.07 Å². The lowest BCUT2D eigenvalue weighted by atomic mass is 10.1. The highest BCUT2D eigenvalue weighted by atomic mass is 35.5. The molecule has 0 aromatic heterocycles. The first kappa shape index (κ1) is 16.5. The van der Waals surface area contributed by atoms with Crippen molar-refractivity contribution in [1.29, 1.82) is 0 Å². The predicted octanol–water partition coefficient (Wildman–Crippen LogP) is 2.77. The fourth-order valence-corrected chi connectivity index (χ4v) is 2.12. The Morgan fingerprint density at radius 2 is 1.55 bits per heavy atom. The van der Waals surface area contributed by atoms with E-state index in [4.69, 9.17) is 5.73 Å². The summed E-state index contributed by atoms with van der Waals surface area (Å²) in [4.78, 5) is 2.24. The van der Waals surface area contributed by atoms with Crippen molar-refractivity contribution in [3.8, 4) is 5.75 Å². The number of aromatic hydroxyl groups is 1. The van der Waals surface area contributed by atoms with E-state index >= 15 is 0 Å². The molecule has 0 radical (unpaired) electrons. The van der Waals surface area contributed by atoms with E-state index in [1.807, 2.05) is 36.4 Å². The van der Waals surface area contributed by atoms with Crippen LogP contribution in [0.5, 0.6) is 5.75 Å². The molecule has 3 nitrogen and oxygen atoms in total. The summed E-state index contributed by atoms with van der Waals surface area (Å²) in [7, 11) is 0. The third-order valence-corrected chi connectivity index (χ3v) is 3.08. The number of hydrogen-bond donors (Lipinski definition) is 2. The quantitative estimate of drug-likeness (QED) is 0.861. The summed E-state index contributed by atoms with van der Waals surface area (Å²) in [5.41, 5.74) is 7.86. The number of rotatable bonds is 6. The van der Waals surface area contributed by atoms with Crippen molar-refractivity contribution in [2.24, 2.45) is 5.73 Å². The Hall–Kier alpha value is -1.55. The van der Waals surface area contributed by atoms with E-state index in [1.165, 1.54) is 5.56 Å². The monoisotopic (exact) mass is 292 g/mol. The summed E-state index contributed by atoms with van der Waals surface area (Å²) in [6, 6.07) is 17.7. The number of phenols is 1. The van der Waals surface area contributed by atoms with Gasteiger partial charge in [0.05, 0.1) is 0 Å². The maximum atomic E-state index is 9.84. The van der Waals surface area contributed by atoms with Crippen LogP contribution in [0.2, 0.25) is 0 Å². The second kappa shape index (κ2) is 8.59. The fourth-order valence-electron chi connectivity index (χ4n) is 2.12. The Morgan fingerprint density at radius 3 is 2.20 bits per heavy atom. The lowest BCUT2D eigenvalue weighted by Crippen LogP contribution is -2.28. The van der Waals surface area contributed by atoms with Crippen LogP contribution in [0.4, 0.5) is 0 Å². The van der Waals surface area contributed by atoms with E-state index in [9.17, 15) is 5.11 Å². The molecule has 0 fully saturated rings. The normalized spacial score (nSPS) is 10.3. The van der Waals surface area contributed by atoms with E-state index < -0.39 is 0 Å². The minimum atomic E-state index is 0. The Kier molecular flexibility index (Phi) is 7.09. The van der Waals surface area contributed by atoms with Gasteiger partial charge in [0.2, 0.25) is 0 Å². The first-order valence-corrected chi connectivity index (χ1v) is 6.53. The van der Waals surface area contributed by atoms with Crippen LogP contribution in [-0.2, 0) is 13.1 Å². The summed E-state index contributed by atoms with van der Waals surface area (Å²) in [5, 5.41) is 9.84. The number of halogens is 1. The van der Waals surface area contributed by atoms with Gasteiger partial charge in [-0.25, -0.2) is 0 Å². The van der Waals surface area contributed by atoms with Crippen molar-refractivity contribution >= 4 is 12.4 Å².